The molecule has 0 aromatic carbocycles. The van der Waals surface area contributed by atoms with Crippen molar-refractivity contribution in [3.63, 3.8) is 0 Å². The first-order chi connectivity index (χ1) is 6.40. The van der Waals surface area contributed by atoms with Gasteiger partial charge in [-0.15, -0.1) is 0 Å². The number of nitrogens with zero attached hydrogens (tertiary/aromatic N) is 1. The average Bonchev–Trinajstić information content (AvgIpc) is 2.01. The van der Waals surface area contributed by atoms with Gasteiger partial charge in [-0.2, -0.15) is 0 Å². The lowest BCUT2D eigenvalue weighted by Gasteiger charge is -2.05. The summed E-state index contributed by atoms with van der Waals surface area (Å²) in [7, 11) is 1.44. The van der Waals surface area contributed by atoms with E-state index >= 15 is 0 Å². The third kappa shape index (κ3) is 3.38. The Morgan fingerprint density at radius 1 is 1.21 bits per heavy atom. The van der Waals surface area contributed by atoms with Crippen molar-refractivity contribution in [1.82, 2.24) is 5.32 Å². The van der Waals surface area contributed by atoms with Crippen LogP contribution in [0.4, 0.5) is 0 Å². The van der Waals surface area contributed by atoms with E-state index in [0.29, 0.717) is 0 Å². The standard InChI is InChI=1S/C9H14N2O3/c1-5(11-7(3)13)8(6(2)12)9(14)10-4/h12H,1-4H3,(H,10,14)/b8-6-,11-5?. The molecule has 0 aromatic heterocycles. The summed E-state index contributed by atoms with van der Waals surface area (Å²) < 4.78 is 0. The molecule has 78 valence electrons. The zero-order valence-electron chi connectivity index (χ0n) is 8.71. The molecule has 0 unspecified atom stereocenters. The maximum absolute atomic E-state index is 11.3. The molecule has 0 atom stereocenters. The van der Waals surface area contributed by atoms with Crippen molar-refractivity contribution in [1.29, 1.82) is 0 Å². The highest BCUT2D eigenvalue weighted by Crippen LogP contribution is 2.04. The lowest BCUT2D eigenvalue weighted by molar-refractivity contribution is -0.116. The number of rotatable bonds is 2. The van der Waals surface area contributed by atoms with E-state index in [1.165, 1.54) is 27.8 Å². The lowest BCUT2D eigenvalue weighted by atomic mass is 10.1. The van der Waals surface area contributed by atoms with Crippen molar-refractivity contribution in [2.75, 3.05) is 7.05 Å². The van der Waals surface area contributed by atoms with Gasteiger partial charge in [0.05, 0.1) is 11.3 Å². The van der Waals surface area contributed by atoms with Crippen molar-refractivity contribution in [2.24, 2.45) is 4.99 Å². The molecule has 5 nitrogen and oxygen atoms in total. The number of carbonyl (C=O) groups excluding carboxylic acids is 2. The van der Waals surface area contributed by atoms with Gasteiger partial charge in [-0.05, 0) is 13.8 Å². The second-order valence-corrected chi connectivity index (χ2v) is 2.76. The molecule has 2 amide bonds. The van der Waals surface area contributed by atoms with Gasteiger partial charge in [0.1, 0.15) is 5.76 Å². The number of nitrogens with one attached hydrogen (secondary N) is 1. The van der Waals surface area contributed by atoms with E-state index in [1.807, 2.05) is 0 Å². The van der Waals surface area contributed by atoms with Crippen LogP contribution in [0.25, 0.3) is 0 Å². The number of hydrogen-bond acceptors (Lipinski definition) is 3. The summed E-state index contributed by atoms with van der Waals surface area (Å²) >= 11 is 0. The van der Waals surface area contributed by atoms with E-state index in [-0.39, 0.29) is 17.0 Å². The Balaban J connectivity index is 5.17. The highest BCUT2D eigenvalue weighted by Gasteiger charge is 2.14. The third-order valence-corrected chi connectivity index (χ3v) is 1.50. The first-order valence-corrected chi connectivity index (χ1v) is 4.08. The third-order valence-electron chi connectivity index (χ3n) is 1.50. The van der Waals surface area contributed by atoms with Crippen molar-refractivity contribution < 1.29 is 14.7 Å². The summed E-state index contributed by atoms with van der Waals surface area (Å²) in [4.78, 5) is 25.5. The predicted molar refractivity (Wildman–Crippen MR) is 53.2 cm³/mol. The molecule has 0 heterocycles. The van der Waals surface area contributed by atoms with Crippen molar-refractivity contribution in [3.8, 4) is 0 Å². The smallest absolute Gasteiger partial charge is 0.256 e. The van der Waals surface area contributed by atoms with Gasteiger partial charge in [0.25, 0.3) is 5.91 Å². The van der Waals surface area contributed by atoms with E-state index in [4.69, 9.17) is 0 Å². The number of likely N-dealkylation sites (N-methyl/N-ethyl adjacent to an activating group) is 1. The van der Waals surface area contributed by atoms with Gasteiger partial charge in [0.15, 0.2) is 0 Å². The highest BCUT2D eigenvalue weighted by molar-refractivity contribution is 6.22. The highest BCUT2D eigenvalue weighted by atomic mass is 16.3. The maximum Gasteiger partial charge on any atom is 0.256 e. The molecule has 0 bridgehead atoms. The van der Waals surface area contributed by atoms with Gasteiger partial charge in [0.2, 0.25) is 5.91 Å². The minimum absolute atomic E-state index is 0.0303. The molecule has 0 aromatic rings. The summed E-state index contributed by atoms with van der Waals surface area (Å²) in [5.74, 6) is -1.04. The van der Waals surface area contributed by atoms with Crippen LogP contribution in [0.1, 0.15) is 20.8 Å². The van der Waals surface area contributed by atoms with Gasteiger partial charge in [0, 0.05) is 14.0 Å². The fraction of sp³-hybridized carbons (Fsp3) is 0.444. The Morgan fingerprint density at radius 3 is 2.00 bits per heavy atom. The van der Waals surface area contributed by atoms with Crippen molar-refractivity contribution >= 4 is 17.5 Å². The summed E-state index contributed by atoms with van der Waals surface area (Å²) in [6.45, 7) is 4.13. The molecule has 0 rings (SSSR count). The van der Waals surface area contributed by atoms with Crippen LogP contribution in [0.3, 0.4) is 0 Å². The lowest BCUT2D eigenvalue weighted by Crippen LogP contribution is -2.25. The number of carbonyl (C=O) groups is 2. The van der Waals surface area contributed by atoms with Gasteiger partial charge in [-0.3, -0.25) is 9.59 Å². The van der Waals surface area contributed by atoms with Crippen LogP contribution >= 0.6 is 0 Å². The number of amides is 2. The number of aliphatic hydroxyl groups is 1. The first-order valence-electron chi connectivity index (χ1n) is 4.08. The summed E-state index contributed by atoms with van der Waals surface area (Å²) in [6, 6.07) is 0. The zero-order valence-corrected chi connectivity index (χ0v) is 8.71. The Hall–Kier alpha value is -1.65. The van der Waals surface area contributed by atoms with E-state index < -0.39 is 11.8 Å². The van der Waals surface area contributed by atoms with E-state index in [1.54, 1.807) is 0 Å². The molecule has 0 spiro atoms. The molecular formula is C9H14N2O3. The molecule has 14 heavy (non-hydrogen) atoms. The van der Waals surface area contributed by atoms with Crippen LogP contribution in [0.15, 0.2) is 16.3 Å². The summed E-state index contributed by atoms with van der Waals surface area (Å²) in [5, 5.41) is 11.6. The SMILES string of the molecule is CNC(=O)/C(C(C)=NC(C)=O)=C(/C)O. The largest absolute Gasteiger partial charge is 0.512 e. The van der Waals surface area contributed by atoms with E-state index in [9.17, 15) is 14.7 Å². The fourth-order valence-electron chi connectivity index (χ4n) is 1.01. The normalized spacial score (nSPS) is 13.3. The van der Waals surface area contributed by atoms with Gasteiger partial charge < -0.3 is 10.4 Å². The quantitative estimate of drug-likeness (QED) is 0.387. The first kappa shape index (κ1) is 12.3. The Labute approximate surface area is 82.5 Å². The molecule has 0 aliphatic carbocycles. The number of hydrogen-bond donors (Lipinski definition) is 2. The topological polar surface area (TPSA) is 78.8 Å². The predicted octanol–water partition coefficient (Wildman–Crippen LogP) is 0.572. The minimum atomic E-state index is -0.465. The van der Waals surface area contributed by atoms with Crippen molar-refractivity contribution in [2.45, 2.75) is 20.8 Å². The fourth-order valence-corrected chi connectivity index (χ4v) is 1.01. The van der Waals surface area contributed by atoms with Crippen LogP contribution < -0.4 is 5.32 Å². The Kier molecular flexibility index (Phi) is 4.55. The number of aliphatic imine (C=N–C) groups is 1. The molecule has 0 saturated carbocycles. The molecule has 0 fully saturated rings. The Bertz CT molecular complexity index is 312. The molecule has 0 saturated heterocycles. The molecule has 5 heteroatoms. The molecule has 0 aliphatic rings. The Morgan fingerprint density at radius 2 is 1.71 bits per heavy atom. The van der Waals surface area contributed by atoms with Crippen LogP contribution in [-0.4, -0.2) is 29.7 Å². The van der Waals surface area contributed by atoms with Crippen LogP contribution in [0, 0.1) is 0 Å². The molecule has 0 radical (unpaired) electrons. The number of aliphatic hydroxyl groups excluding tert-OH is 1. The van der Waals surface area contributed by atoms with Crippen LogP contribution in [0.5, 0.6) is 0 Å². The second kappa shape index (κ2) is 5.16. The number of allylic oxidation sites excluding steroid dienone is 1. The van der Waals surface area contributed by atoms with Crippen LogP contribution in [-0.2, 0) is 9.59 Å². The van der Waals surface area contributed by atoms with Gasteiger partial charge in [-0.25, -0.2) is 4.99 Å². The maximum atomic E-state index is 11.3. The summed E-state index contributed by atoms with van der Waals surface area (Å²) in [5.41, 5.74) is 0.236. The monoisotopic (exact) mass is 198 g/mol. The average molecular weight is 198 g/mol. The molecule has 2 N–H and O–H groups in total. The molecule has 0 aliphatic heterocycles. The van der Waals surface area contributed by atoms with E-state index in [0.717, 1.165) is 0 Å². The van der Waals surface area contributed by atoms with Gasteiger partial charge >= 0.3 is 0 Å². The zero-order chi connectivity index (χ0) is 11.3. The minimum Gasteiger partial charge on any atom is -0.512 e. The summed E-state index contributed by atoms with van der Waals surface area (Å²) in [6.07, 6.45) is 0. The molecular weight excluding hydrogens is 184 g/mol. The second-order valence-electron chi connectivity index (χ2n) is 2.76. The van der Waals surface area contributed by atoms with Crippen molar-refractivity contribution in [3.05, 3.63) is 11.3 Å². The van der Waals surface area contributed by atoms with E-state index in [2.05, 4.69) is 10.3 Å². The van der Waals surface area contributed by atoms with Gasteiger partial charge in [-0.1, -0.05) is 0 Å². The van der Waals surface area contributed by atoms with Crippen LogP contribution in [0.2, 0.25) is 0 Å².